The first kappa shape index (κ1) is 18.1. The minimum atomic E-state index is 0. The summed E-state index contributed by atoms with van der Waals surface area (Å²) in [5.74, 6) is 0. The molecule has 0 atom stereocenters. The van der Waals surface area contributed by atoms with Crippen LogP contribution in [0.1, 0.15) is 0 Å². The molecule has 0 aliphatic rings. The quantitative estimate of drug-likeness (QED) is 0.721. The Bertz CT molecular complexity index is 180. The van der Waals surface area contributed by atoms with Crippen LogP contribution in [0.2, 0.25) is 0 Å². The number of benzene rings is 1. The topological polar surface area (TPSA) is 3.24 Å². The van der Waals surface area contributed by atoms with E-state index in [1.54, 1.807) is 0 Å². The second-order valence-electron chi connectivity index (χ2n) is 2.23. The van der Waals surface area contributed by atoms with Gasteiger partial charge in [-0.05, 0) is 12.1 Å². The molecule has 1 rings (SSSR count). The second kappa shape index (κ2) is 9.35. The molecule has 0 radical (unpaired) electrons. The summed E-state index contributed by atoms with van der Waals surface area (Å²) in [6.07, 6.45) is 0. The monoisotopic (exact) mass is 299 g/mol. The van der Waals surface area contributed by atoms with Crippen LogP contribution < -0.4 is 4.90 Å². The maximum absolute atomic E-state index is 2.08. The van der Waals surface area contributed by atoms with Crippen LogP contribution in [0.5, 0.6) is 0 Å². The van der Waals surface area contributed by atoms with E-state index in [9.17, 15) is 0 Å². The summed E-state index contributed by atoms with van der Waals surface area (Å²) in [7, 11) is 4.07. The predicted molar refractivity (Wildman–Crippen MR) is 55.3 cm³/mol. The van der Waals surface area contributed by atoms with E-state index in [2.05, 4.69) is 17.0 Å². The summed E-state index contributed by atoms with van der Waals surface area (Å²) in [6, 6.07) is 10.3. The molecule has 1 nitrogen and oxygen atoms in total. The van der Waals surface area contributed by atoms with E-state index in [4.69, 9.17) is 0 Å². The van der Waals surface area contributed by atoms with Crippen LogP contribution in [0.25, 0.3) is 0 Å². The van der Waals surface area contributed by atoms with Gasteiger partial charge in [-0.3, -0.25) is 0 Å². The fourth-order valence-corrected chi connectivity index (χ4v) is 0.726. The summed E-state index contributed by atoms with van der Waals surface area (Å²) in [5, 5.41) is 0. The molecule has 1 aromatic rings. The smallest absolute Gasteiger partial charge is 0.0360 e. The molecule has 4 heteroatoms. The minimum Gasteiger partial charge on any atom is -0.378 e. The second-order valence-corrected chi connectivity index (χ2v) is 2.23. The zero-order chi connectivity index (χ0) is 6.69. The molecule has 74 valence electrons. The van der Waals surface area contributed by atoms with Crippen LogP contribution >= 0.6 is 24.8 Å². The van der Waals surface area contributed by atoms with Crippen LogP contribution in [0, 0.1) is 0 Å². The van der Waals surface area contributed by atoms with Crippen molar-refractivity contribution in [2.24, 2.45) is 0 Å². The van der Waals surface area contributed by atoms with Gasteiger partial charge in [0, 0.05) is 40.2 Å². The van der Waals surface area contributed by atoms with Crippen molar-refractivity contribution < 1.29 is 20.4 Å². The average molecular weight is 301 g/mol. The third-order valence-corrected chi connectivity index (χ3v) is 1.27. The summed E-state index contributed by atoms with van der Waals surface area (Å²) in [6.45, 7) is 0. The first-order chi connectivity index (χ1) is 4.30. The van der Waals surface area contributed by atoms with Crippen LogP contribution in [0.3, 0.4) is 0 Å². The number of hydrogen-bond donors (Lipinski definition) is 0. The molecular weight excluding hydrogens is 287 g/mol. The van der Waals surface area contributed by atoms with Crippen molar-refractivity contribution in [1.82, 2.24) is 0 Å². The largest absolute Gasteiger partial charge is 0.378 e. The molecule has 0 amide bonds. The molecule has 0 fully saturated rings. The zero-order valence-corrected chi connectivity index (χ0v) is 10.2. The maximum Gasteiger partial charge on any atom is 0.0360 e. The third-order valence-electron chi connectivity index (χ3n) is 1.27. The Kier molecular flexibility index (Phi) is 14.1. The number of nitrogens with zero attached hydrogens (tertiary/aromatic N) is 1. The number of hydrogen-bond acceptors (Lipinski definition) is 1. The molecule has 0 bridgehead atoms. The molecule has 0 N–H and O–H groups in total. The molecule has 0 aliphatic heterocycles. The van der Waals surface area contributed by atoms with Gasteiger partial charge in [-0.25, -0.2) is 0 Å². The van der Waals surface area contributed by atoms with Crippen LogP contribution in [0.4, 0.5) is 5.69 Å². The molecule has 12 heavy (non-hydrogen) atoms. The molecule has 0 heterocycles. The summed E-state index contributed by atoms with van der Waals surface area (Å²) in [5.41, 5.74) is 1.25. The molecule has 0 spiro atoms. The number of halogens is 2. The van der Waals surface area contributed by atoms with E-state index in [0.717, 1.165) is 0 Å². The summed E-state index contributed by atoms with van der Waals surface area (Å²) in [4.78, 5) is 2.08. The fourth-order valence-electron chi connectivity index (χ4n) is 0.726. The van der Waals surface area contributed by atoms with Crippen molar-refractivity contribution in [2.75, 3.05) is 19.0 Å². The molecule has 0 saturated carbocycles. The van der Waals surface area contributed by atoms with Gasteiger partial charge in [0.25, 0.3) is 0 Å². The van der Waals surface area contributed by atoms with Gasteiger partial charge in [0.2, 0.25) is 0 Å². The molecular formula is C8H13Cl2NPd. The molecule has 0 aromatic heterocycles. The average Bonchev–Trinajstić information content (AvgIpc) is 1.90. The van der Waals surface area contributed by atoms with Gasteiger partial charge in [-0.15, -0.1) is 24.8 Å². The van der Waals surface area contributed by atoms with Gasteiger partial charge in [-0.1, -0.05) is 18.2 Å². The van der Waals surface area contributed by atoms with Crippen molar-refractivity contribution >= 4 is 30.5 Å². The van der Waals surface area contributed by atoms with E-state index in [-0.39, 0.29) is 45.2 Å². The van der Waals surface area contributed by atoms with Crippen molar-refractivity contribution in [1.29, 1.82) is 0 Å². The number of anilines is 1. The van der Waals surface area contributed by atoms with Crippen molar-refractivity contribution in [3.05, 3.63) is 30.3 Å². The first-order valence-electron chi connectivity index (χ1n) is 3.03. The van der Waals surface area contributed by atoms with Gasteiger partial charge >= 0.3 is 0 Å². The van der Waals surface area contributed by atoms with E-state index in [1.807, 2.05) is 32.3 Å². The zero-order valence-electron chi connectivity index (χ0n) is 6.97. The SMILES string of the molecule is CN(C)c1ccccc1.Cl.Cl.[Pd]. The maximum atomic E-state index is 2.08. The Labute approximate surface area is 100 Å². The third kappa shape index (κ3) is 5.86. The molecule has 0 saturated heterocycles. The van der Waals surface area contributed by atoms with Gasteiger partial charge in [0.05, 0.1) is 0 Å². The van der Waals surface area contributed by atoms with Crippen LogP contribution in [-0.4, -0.2) is 14.1 Å². The van der Waals surface area contributed by atoms with E-state index in [0.29, 0.717) is 0 Å². The summed E-state index contributed by atoms with van der Waals surface area (Å²) < 4.78 is 0. The molecule has 0 aliphatic carbocycles. The Balaban J connectivity index is -0.000000270. The Hall–Kier alpha value is 0.262. The van der Waals surface area contributed by atoms with Gasteiger partial charge in [0.15, 0.2) is 0 Å². The molecule has 0 unspecified atom stereocenters. The number of para-hydroxylation sites is 1. The first-order valence-corrected chi connectivity index (χ1v) is 3.03. The molecule has 1 aromatic carbocycles. The normalized spacial score (nSPS) is 6.83. The van der Waals surface area contributed by atoms with Gasteiger partial charge in [0.1, 0.15) is 0 Å². The Morgan fingerprint density at radius 3 is 1.58 bits per heavy atom. The van der Waals surface area contributed by atoms with Crippen molar-refractivity contribution in [2.45, 2.75) is 0 Å². The van der Waals surface area contributed by atoms with Crippen LogP contribution in [-0.2, 0) is 20.4 Å². The van der Waals surface area contributed by atoms with Crippen molar-refractivity contribution in [3.63, 3.8) is 0 Å². The van der Waals surface area contributed by atoms with E-state index >= 15 is 0 Å². The number of rotatable bonds is 1. The fraction of sp³-hybridized carbons (Fsp3) is 0.250. The summed E-state index contributed by atoms with van der Waals surface area (Å²) >= 11 is 0. The standard InChI is InChI=1S/C8H11N.2ClH.Pd/c1-9(2)8-6-4-3-5-7-8;;;/h3-7H,1-2H3;2*1H;. The van der Waals surface area contributed by atoms with Gasteiger partial charge in [-0.2, -0.15) is 0 Å². The van der Waals surface area contributed by atoms with Crippen molar-refractivity contribution in [3.8, 4) is 0 Å². The van der Waals surface area contributed by atoms with Gasteiger partial charge < -0.3 is 4.90 Å². The van der Waals surface area contributed by atoms with E-state index in [1.165, 1.54) is 5.69 Å². The van der Waals surface area contributed by atoms with E-state index < -0.39 is 0 Å². The predicted octanol–water partition coefficient (Wildman–Crippen LogP) is 2.59. The Morgan fingerprint density at radius 1 is 0.917 bits per heavy atom. The minimum absolute atomic E-state index is 0. The Morgan fingerprint density at radius 2 is 1.33 bits per heavy atom. The van der Waals surface area contributed by atoms with Crippen LogP contribution in [0.15, 0.2) is 30.3 Å².